The maximum Gasteiger partial charge on any atom is 0.339 e. The summed E-state index contributed by atoms with van der Waals surface area (Å²) in [4.78, 5) is 47.6. The average Bonchev–Trinajstić information content (AvgIpc) is 2.69. The molecule has 2 amide bonds. The van der Waals surface area contributed by atoms with E-state index in [0.29, 0.717) is 0 Å². The number of amides is 2. The highest BCUT2D eigenvalue weighted by molar-refractivity contribution is 6.44. The van der Waals surface area contributed by atoms with E-state index in [1.54, 1.807) is 5.32 Å². The summed E-state index contributed by atoms with van der Waals surface area (Å²) in [6, 6.07) is 6.40. The van der Waals surface area contributed by atoms with Gasteiger partial charge in [-0.25, -0.2) is 18.4 Å². The molecule has 2 N–H and O–H groups in total. The Hall–Kier alpha value is -3.82. The van der Waals surface area contributed by atoms with Crippen LogP contribution in [-0.2, 0) is 19.1 Å². The number of hydrogen-bond acceptors (Lipinski definition) is 6. The smallest absolute Gasteiger partial charge is 0.339 e. The van der Waals surface area contributed by atoms with Gasteiger partial charge in [0.25, 0.3) is 0 Å². The highest BCUT2D eigenvalue weighted by atomic mass is 19.1. The van der Waals surface area contributed by atoms with Crippen LogP contribution in [0.3, 0.4) is 0 Å². The summed E-state index contributed by atoms with van der Waals surface area (Å²) in [5, 5.41) is 3.90. The van der Waals surface area contributed by atoms with Crippen molar-refractivity contribution in [3.8, 4) is 0 Å². The van der Waals surface area contributed by atoms with Gasteiger partial charge >= 0.3 is 23.8 Å². The monoisotopic (exact) mass is 392 g/mol. The lowest BCUT2D eigenvalue weighted by molar-refractivity contribution is -0.133. The average molecular weight is 392 g/mol. The lowest BCUT2D eigenvalue weighted by Crippen LogP contribution is -2.30. The zero-order chi connectivity index (χ0) is 20.8. The van der Waals surface area contributed by atoms with Crippen LogP contribution in [0.15, 0.2) is 36.4 Å². The van der Waals surface area contributed by atoms with Gasteiger partial charge in [0.05, 0.1) is 31.0 Å². The highest BCUT2D eigenvalue weighted by Gasteiger charge is 2.22. The molecule has 0 radical (unpaired) electrons. The van der Waals surface area contributed by atoms with Crippen molar-refractivity contribution in [3.05, 3.63) is 59.2 Å². The van der Waals surface area contributed by atoms with Crippen LogP contribution >= 0.6 is 0 Å². The van der Waals surface area contributed by atoms with Crippen molar-refractivity contribution in [3.63, 3.8) is 0 Å². The number of nitrogens with one attached hydrogen (secondary N) is 2. The first-order chi connectivity index (χ1) is 13.3. The highest BCUT2D eigenvalue weighted by Crippen LogP contribution is 2.21. The Bertz CT molecular complexity index is 941. The van der Waals surface area contributed by atoms with E-state index >= 15 is 0 Å². The number of hydrogen-bond donors (Lipinski definition) is 2. The van der Waals surface area contributed by atoms with Crippen molar-refractivity contribution in [2.24, 2.45) is 0 Å². The number of esters is 2. The summed E-state index contributed by atoms with van der Waals surface area (Å²) in [5.41, 5.74) is -1.22. The quantitative estimate of drug-likeness (QED) is 0.609. The second kappa shape index (κ2) is 8.71. The molecule has 28 heavy (non-hydrogen) atoms. The molecule has 0 aliphatic carbocycles. The summed E-state index contributed by atoms with van der Waals surface area (Å²) in [6.45, 7) is 0. The second-order valence-electron chi connectivity index (χ2n) is 5.25. The molecule has 0 aliphatic rings. The van der Waals surface area contributed by atoms with Crippen molar-refractivity contribution in [2.75, 3.05) is 24.9 Å². The lowest BCUT2D eigenvalue weighted by atomic mass is 10.1. The van der Waals surface area contributed by atoms with Gasteiger partial charge in [-0.05, 0) is 30.3 Å². The van der Waals surface area contributed by atoms with Gasteiger partial charge in [0.15, 0.2) is 0 Å². The standard InChI is InChI=1S/C18H14F2N2O6/c1-27-17(25)9-6-7-10(18(26)28-2)13(8-9)21-15(23)16(24)22-14-11(19)4-3-5-12(14)20/h3-8H,1-2H3,(H,21,23)(H,22,24). The van der Waals surface area contributed by atoms with E-state index in [9.17, 15) is 28.0 Å². The third-order valence-electron chi connectivity index (χ3n) is 3.50. The normalized spacial score (nSPS) is 10.0. The van der Waals surface area contributed by atoms with Crippen LogP contribution in [0, 0.1) is 11.6 Å². The Morgan fingerprint density at radius 2 is 1.39 bits per heavy atom. The zero-order valence-electron chi connectivity index (χ0n) is 14.7. The molecule has 0 aliphatic heterocycles. The van der Waals surface area contributed by atoms with E-state index in [2.05, 4.69) is 14.8 Å². The number of ether oxygens (including phenoxy) is 2. The van der Waals surface area contributed by atoms with Gasteiger partial charge in [-0.1, -0.05) is 6.07 Å². The lowest BCUT2D eigenvalue weighted by Gasteiger charge is -2.12. The maximum atomic E-state index is 13.6. The molecule has 2 aromatic carbocycles. The SMILES string of the molecule is COC(=O)c1ccc(C(=O)OC)c(NC(=O)C(=O)Nc2c(F)cccc2F)c1. The molecule has 0 spiro atoms. The molecule has 10 heteroatoms. The molecule has 2 rings (SSSR count). The molecule has 0 saturated heterocycles. The maximum absolute atomic E-state index is 13.6. The van der Waals surface area contributed by atoms with Crippen molar-refractivity contribution >= 4 is 35.1 Å². The predicted molar refractivity (Wildman–Crippen MR) is 92.7 cm³/mol. The molecule has 0 heterocycles. The minimum Gasteiger partial charge on any atom is -0.465 e. The van der Waals surface area contributed by atoms with Crippen molar-refractivity contribution in [1.82, 2.24) is 0 Å². The van der Waals surface area contributed by atoms with Gasteiger partial charge in [-0.15, -0.1) is 0 Å². The molecular weight excluding hydrogens is 378 g/mol. The van der Waals surface area contributed by atoms with E-state index < -0.39 is 41.1 Å². The number of halogens is 2. The van der Waals surface area contributed by atoms with Gasteiger partial charge in [0.1, 0.15) is 17.3 Å². The number of methoxy groups -OCH3 is 2. The summed E-state index contributed by atoms with van der Waals surface area (Å²) in [7, 11) is 2.22. The molecule has 0 saturated carbocycles. The predicted octanol–water partition coefficient (Wildman–Crippen LogP) is 2.12. The Morgan fingerprint density at radius 1 is 0.821 bits per heavy atom. The van der Waals surface area contributed by atoms with Gasteiger partial charge in [-0.3, -0.25) is 9.59 Å². The van der Waals surface area contributed by atoms with Crippen LogP contribution in [-0.4, -0.2) is 38.0 Å². The van der Waals surface area contributed by atoms with E-state index in [4.69, 9.17) is 0 Å². The van der Waals surface area contributed by atoms with Gasteiger partial charge in [0.2, 0.25) is 0 Å². The molecule has 146 valence electrons. The van der Waals surface area contributed by atoms with Gasteiger partial charge in [-0.2, -0.15) is 0 Å². The van der Waals surface area contributed by atoms with Gasteiger partial charge < -0.3 is 20.1 Å². The Kier molecular flexibility index (Phi) is 6.38. The fraction of sp³-hybridized carbons (Fsp3) is 0.111. The van der Waals surface area contributed by atoms with E-state index in [-0.39, 0.29) is 16.8 Å². The van der Waals surface area contributed by atoms with Crippen LogP contribution in [0.1, 0.15) is 20.7 Å². The van der Waals surface area contributed by atoms with E-state index in [1.807, 2.05) is 0 Å². The number of para-hydroxylation sites is 1. The van der Waals surface area contributed by atoms with Crippen molar-refractivity contribution in [2.45, 2.75) is 0 Å². The first-order valence-electron chi connectivity index (χ1n) is 7.65. The van der Waals surface area contributed by atoms with Crippen LogP contribution < -0.4 is 10.6 Å². The molecule has 0 bridgehead atoms. The Morgan fingerprint density at radius 3 is 1.96 bits per heavy atom. The number of anilines is 2. The molecule has 2 aromatic rings. The molecule has 0 aromatic heterocycles. The molecule has 0 fully saturated rings. The summed E-state index contributed by atoms with van der Waals surface area (Å²) < 4.78 is 36.3. The Balaban J connectivity index is 2.29. The van der Waals surface area contributed by atoms with Crippen LogP contribution in [0.4, 0.5) is 20.2 Å². The summed E-state index contributed by atoms with van der Waals surface area (Å²) in [6.07, 6.45) is 0. The van der Waals surface area contributed by atoms with Crippen LogP contribution in [0.25, 0.3) is 0 Å². The number of carbonyl (C=O) groups excluding carboxylic acids is 4. The largest absolute Gasteiger partial charge is 0.465 e. The van der Waals surface area contributed by atoms with E-state index in [1.165, 1.54) is 12.1 Å². The fourth-order valence-electron chi connectivity index (χ4n) is 2.15. The number of benzene rings is 2. The van der Waals surface area contributed by atoms with Crippen LogP contribution in [0.2, 0.25) is 0 Å². The van der Waals surface area contributed by atoms with E-state index in [0.717, 1.165) is 38.5 Å². The molecule has 0 unspecified atom stereocenters. The first kappa shape index (κ1) is 20.5. The third kappa shape index (κ3) is 4.47. The summed E-state index contributed by atoms with van der Waals surface area (Å²) >= 11 is 0. The first-order valence-corrected chi connectivity index (χ1v) is 7.65. The van der Waals surface area contributed by atoms with Crippen LogP contribution in [0.5, 0.6) is 0 Å². The fourth-order valence-corrected chi connectivity index (χ4v) is 2.15. The third-order valence-corrected chi connectivity index (χ3v) is 3.50. The molecule has 8 nitrogen and oxygen atoms in total. The number of rotatable bonds is 4. The topological polar surface area (TPSA) is 111 Å². The minimum absolute atomic E-state index is 0.0222. The second-order valence-corrected chi connectivity index (χ2v) is 5.25. The molecular formula is C18H14F2N2O6. The Labute approximate surface area is 157 Å². The summed E-state index contributed by atoms with van der Waals surface area (Å²) in [5.74, 6) is -6.51. The molecule has 0 atom stereocenters. The van der Waals surface area contributed by atoms with Crippen molar-refractivity contribution < 1.29 is 37.4 Å². The van der Waals surface area contributed by atoms with Crippen molar-refractivity contribution in [1.29, 1.82) is 0 Å². The zero-order valence-corrected chi connectivity index (χ0v) is 14.7. The van der Waals surface area contributed by atoms with Gasteiger partial charge in [0, 0.05) is 0 Å². The number of carbonyl (C=O) groups is 4. The minimum atomic E-state index is -1.40.